The second kappa shape index (κ2) is 7.53. The molecule has 2 amide bonds. The van der Waals surface area contributed by atoms with E-state index in [9.17, 15) is 14.4 Å². The van der Waals surface area contributed by atoms with Crippen molar-refractivity contribution in [3.05, 3.63) is 52.1 Å². The van der Waals surface area contributed by atoms with Crippen LogP contribution in [-0.4, -0.2) is 63.4 Å². The van der Waals surface area contributed by atoms with Crippen molar-refractivity contribution in [2.24, 2.45) is 0 Å². The number of carbonyl (C=O) groups is 2. The van der Waals surface area contributed by atoms with Crippen LogP contribution in [0.15, 0.2) is 39.7 Å². The van der Waals surface area contributed by atoms with Gasteiger partial charge in [-0.05, 0) is 18.6 Å². The smallest absolute Gasteiger partial charge is 0.349 e. The Hall–Kier alpha value is -3.69. The van der Waals surface area contributed by atoms with Crippen molar-refractivity contribution in [3.8, 4) is 5.75 Å². The van der Waals surface area contributed by atoms with Crippen LogP contribution in [0.4, 0.5) is 0 Å². The number of para-hydroxylation sites is 1. The molecule has 0 spiro atoms. The highest BCUT2D eigenvalue weighted by atomic mass is 16.5. The zero-order valence-electron chi connectivity index (χ0n) is 17.0. The highest BCUT2D eigenvalue weighted by Crippen LogP contribution is 2.27. The zero-order chi connectivity index (χ0) is 21.5. The molecule has 0 unspecified atom stereocenters. The summed E-state index contributed by atoms with van der Waals surface area (Å²) >= 11 is 0. The minimum Gasteiger partial charge on any atom is -0.493 e. The van der Waals surface area contributed by atoms with Crippen molar-refractivity contribution in [3.63, 3.8) is 0 Å². The second-order valence-electron chi connectivity index (χ2n) is 7.80. The summed E-state index contributed by atoms with van der Waals surface area (Å²) in [6.07, 6.45) is 3.28. The molecule has 10 heteroatoms. The van der Waals surface area contributed by atoms with Gasteiger partial charge in [-0.2, -0.15) is 0 Å². The van der Waals surface area contributed by atoms with Gasteiger partial charge in [-0.3, -0.25) is 9.59 Å². The molecule has 5 rings (SSSR count). The summed E-state index contributed by atoms with van der Waals surface area (Å²) in [6, 6.07) is 6.75. The van der Waals surface area contributed by atoms with Gasteiger partial charge in [-0.15, -0.1) is 5.10 Å². The number of hydrogen-bond acceptors (Lipinski definition) is 7. The maximum absolute atomic E-state index is 12.8. The van der Waals surface area contributed by atoms with Crippen molar-refractivity contribution in [2.45, 2.75) is 25.4 Å². The number of likely N-dealkylation sites (tertiary alicyclic amines) is 2. The first-order chi connectivity index (χ1) is 15.0. The van der Waals surface area contributed by atoms with Gasteiger partial charge in [0.15, 0.2) is 11.3 Å². The molecule has 1 aromatic carbocycles. The molecule has 2 saturated heterocycles. The lowest BCUT2D eigenvalue weighted by atomic mass is 10.1. The molecule has 0 N–H and O–H groups in total. The third-order valence-electron chi connectivity index (χ3n) is 5.78. The van der Waals surface area contributed by atoms with E-state index in [4.69, 9.17) is 9.15 Å². The summed E-state index contributed by atoms with van der Waals surface area (Å²) in [5, 5.41) is 8.92. The molecular formula is C21H21N5O5. The van der Waals surface area contributed by atoms with E-state index in [1.807, 2.05) is 6.20 Å². The molecular weight excluding hydrogens is 402 g/mol. The van der Waals surface area contributed by atoms with E-state index < -0.39 is 5.63 Å². The van der Waals surface area contributed by atoms with E-state index in [0.717, 1.165) is 18.7 Å². The Morgan fingerprint density at radius 3 is 2.87 bits per heavy atom. The van der Waals surface area contributed by atoms with E-state index in [-0.39, 0.29) is 23.4 Å². The molecule has 2 aromatic heterocycles. The van der Waals surface area contributed by atoms with Gasteiger partial charge in [0.25, 0.3) is 5.91 Å². The fourth-order valence-corrected chi connectivity index (χ4v) is 4.02. The number of methoxy groups -OCH3 is 1. The first-order valence-corrected chi connectivity index (χ1v) is 10.1. The van der Waals surface area contributed by atoms with Crippen molar-refractivity contribution >= 4 is 22.8 Å². The monoisotopic (exact) mass is 423 g/mol. The van der Waals surface area contributed by atoms with Gasteiger partial charge >= 0.3 is 5.63 Å². The lowest BCUT2D eigenvalue weighted by molar-refractivity contribution is -0.128. The van der Waals surface area contributed by atoms with Gasteiger partial charge in [0.05, 0.1) is 25.9 Å². The summed E-state index contributed by atoms with van der Waals surface area (Å²) in [6.45, 7) is 2.03. The van der Waals surface area contributed by atoms with Gasteiger partial charge in [0, 0.05) is 31.4 Å². The fraction of sp³-hybridized carbons (Fsp3) is 0.381. The molecule has 2 aliphatic heterocycles. The molecule has 2 aliphatic rings. The van der Waals surface area contributed by atoms with Crippen LogP contribution < -0.4 is 10.4 Å². The number of rotatable bonds is 5. The van der Waals surface area contributed by atoms with Crippen molar-refractivity contribution < 1.29 is 18.7 Å². The molecule has 2 fully saturated rings. The topological polar surface area (TPSA) is 111 Å². The normalized spacial score (nSPS) is 16.7. The van der Waals surface area contributed by atoms with E-state index in [0.29, 0.717) is 42.8 Å². The zero-order valence-corrected chi connectivity index (χ0v) is 17.0. The summed E-state index contributed by atoms with van der Waals surface area (Å²) in [5.41, 5.74) is 0.346. The average molecular weight is 423 g/mol. The first-order valence-electron chi connectivity index (χ1n) is 10.1. The Kier molecular flexibility index (Phi) is 4.68. The van der Waals surface area contributed by atoms with Crippen LogP contribution in [0.2, 0.25) is 0 Å². The van der Waals surface area contributed by atoms with Crippen LogP contribution in [-0.2, 0) is 11.3 Å². The summed E-state index contributed by atoms with van der Waals surface area (Å²) in [4.78, 5) is 40.4. The average Bonchev–Trinajstić information content (AvgIpc) is 3.35. The number of carbonyl (C=O) groups excluding carboxylic acids is 2. The van der Waals surface area contributed by atoms with Crippen LogP contribution in [0.1, 0.15) is 34.9 Å². The van der Waals surface area contributed by atoms with Gasteiger partial charge in [-0.1, -0.05) is 17.3 Å². The van der Waals surface area contributed by atoms with Crippen LogP contribution >= 0.6 is 0 Å². The van der Waals surface area contributed by atoms with Crippen LogP contribution in [0.5, 0.6) is 5.75 Å². The molecule has 3 aromatic rings. The molecule has 0 bridgehead atoms. The van der Waals surface area contributed by atoms with E-state index in [1.165, 1.54) is 7.11 Å². The van der Waals surface area contributed by atoms with Crippen molar-refractivity contribution in [2.75, 3.05) is 26.7 Å². The highest BCUT2D eigenvalue weighted by Gasteiger charge is 2.35. The Morgan fingerprint density at radius 1 is 1.29 bits per heavy atom. The Morgan fingerprint density at radius 2 is 2.13 bits per heavy atom. The maximum Gasteiger partial charge on any atom is 0.349 e. The van der Waals surface area contributed by atoms with Crippen molar-refractivity contribution in [1.29, 1.82) is 0 Å². The predicted molar refractivity (Wildman–Crippen MR) is 109 cm³/mol. The number of hydrogen-bond donors (Lipinski definition) is 0. The molecule has 160 valence electrons. The molecule has 0 saturated carbocycles. The van der Waals surface area contributed by atoms with Gasteiger partial charge in [0.2, 0.25) is 5.91 Å². The van der Waals surface area contributed by atoms with Crippen LogP contribution in [0, 0.1) is 0 Å². The van der Waals surface area contributed by atoms with E-state index in [1.54, 1.807) is 38.7 Å². The SMILES string of the molecule is COc1cccc2cc(C(=O)N3CC(n4cc(CN5CCCC5=O)nn4)C3)c(=O)oc12. The number of ether oxygens (including phenoxy) is 1. The fourth-order valence-electron chi connectivity index (χ4n) is 4.02. The lowest BCUT2D eigenvalue weighted by Gasteiger charge is -2.38. The Balaban J connectivity index is 1.27. The Labute approximate surface area is 177 Å². The summed E-state index contributed by atoms with van der Waals surface area (Å²) < 4.78 is 12.3. The second-order valence-corrected chi connectivity index (χ2v) is 7.80. The van der Waals surface area contributed by atoms with Crippen LogP contribution in [0.3, 0.4) is 0 Å². The largest absolute Gasteiger partial charge is 0.493 e. The quantitative estimate of drug-likeness (QED) is 0.567. The van der Waals surface area contributed by atoms with Crippen molar-refractivity contribution in [1.82, 2.24) is 24.8 Å². The molecule has 0 aliphatic carbocycles. The number of fused-ring (bicyclic) bond motifs is 1. The number of benzene rings is 1. The molecule has 4 heterocycles. The van der Waals surface area contributed by atoms with Crippen LogP contribution in [0.25, 0.3) is 11.0 Å². The molecule has 0 radical (unpaired) electrons. The number of nitrogens with zero attached hydrogens (tertiary/aromatic N) is 5. The first kappa shape index (κ1) is 19.3. The molecule has 31 heavy (non-hydrogen) atoms. The number of aromatic nitrogens is 3. The van der Waals surface area contributed by atoms with E-state index >= 15 is 0 Å². The van der Waals surface area contributed by atoms with E-state index in [2.05, 4.69) is 10.3 Å². The summed E-state index contributed by atoms with van der Waals surface area (Å²) in [5.74, 6) is 0.203. The third-order valence-corrected chi connectivity index (χ3v) is 5.78. The number of amides is 2. The third kappa shape index (κ3) is 3.43. The molecule has 0 atom stereocenters. The minimum atomic E-state index is -0.691. The standard InChI is InChI=1S/C21H21N5O5/c1-30-17-5-2-4-13-8-16(21(29)31-19(13)17)20(28)25-11-15(12-25)26-10-14(22-23-26)9-24-7-3-6-18(24)27/h2,4-5,8,10,15H,3,6-7,9,11-12H2,1H3. The summed E-state index contributed by atoms with van der Waals surface area (Å²) in [7, 11) is 1.49. The van der Waals surface area contributed by atoms with Gasteiger partial charge in [-0.25, -0.2) is 9.48 Å². The van der Waals surface area contributed by atoms with Gasteiger partial charge in [0.1, 0.15) is 11.3 Å². The highest BCUT2D eigenvalue weighted by molar-refractivity contribution is 5.97. The Bertz CT molecular complexity index is 1230. The lowest BCUT2D eigenvalue weighted by Crippen LogP contribution is -2.51. The minimum absolute atomic E-state index is 0.00831. The maximum atomic E-state index is 12.8. The predicted octanol–water partition coefficient (Wildman–Crippen LogP) is 1.21. The molecule has 10 nitrogen and oxygen atoms in total. The van der Waals surface area contributed by atoms with Gasteiger partial charge < -0.3 is 19.0 Å².